The van der Waals surface area contributed by atoms with Gasteiger partial charge in [0.2, 0.25) is 5.91 Å². The van der Waals surface area contributed by atoms with Crippen molar-refractivity contribution in [1.29, 1.82) is 0 Å². The molecule has 1 aliphatic rings. The number of hydrogen-bond acceptors (Lipinski definition) is 3. The summed E-state index contributed by atoms with van der Waals surface area (Å²) >= 11 is 0. The molecule has 0 saturated carbocycles. The van der Waals surface area contributed by atoms with Crippen LogP contribution in [-0.4, -0.2) is 49.7 Å². The van der Waals surface area contributed by atoms with Crippen molar-refractivity contribution in [3.8, 4) is 11.8 Å². The highest BCUT2D eigenvalue weighted by Crippen LogP contribution is 2.03. The number of hydrogen-bond donors (Lipinski definition) is 1. The molecule has 0 radical (unpaired) electrons. The van der Waals surface area contributed by atoms with Crippen molar-refractivity contribution in [1.82, 2.24) is 10.2 Å². The lowest BCUT2D eigenvalue weighted by atomic mass is 10.2. The second kappa shape index (κ2) is 6.44. The summed E-state index contributed by atoms with van der Waals surface area (Å²) in [6.45, 7) is 7.22. The largest absolute Gasteiger partial charge is 0.374 e. The third kappa shape index (κ3) is 4.82. The lowest BCUT2D eigenvalue weighted by Crippen LogP contribution is -2.47. The summed E-state index contributed by atoms with van der Waals surface area (Å²) in [4.78, 5) is 13.0. The molecule has 1 amide bonds. The molecule has 1 fully saturated rings. The Hall–Kier alpha value is -1.05. The monoisotopic (exact) mass is 210 g/mol. The Morgan fingerprint density at radius 3 is 3.13 bits per heavy atom. The predicted octanol–water partition coefficient (Wildman–Crippen LogP) is -0.153. The number of morpholine rings is 1. The number of carbonyl (C=O) groups excluding carboxylic acids is 1. The van der Waals surface area contributed by atoms with Crippen molar-refractivity contribution in [3.05, 3.63) is 0 Å². The van der Waals surface area contributed by atoms with Crippen LogP contribution in [0.1, 0.15) is 13.8 Å². The molecule has 0 aromatic heterocycles. The molecular weight excluding hydrogens is 192 g/mol. The van der Waals surface area contributed by atoms with Crippen LogP contribution in [0.3, 0.4) is 0 Å². The van der Waals surface area contributed by atoms with Gasteiger partial charge in [0.05, 0.1) is 19.3 Å². The van der Waals surface area contributed by atoms with Gasteiger partial charge in [0.25, 0.3) is 0 Å². The second-order valence-electron chi connectivity index (χ2n) is 3.59. The molecule has 1 saturated heterocycles. The molecule has 1 N–H and O–H groups in total. The van der Waals surface area contributed by atoms with E-state index in [1.165, 1.54) is 6.92 Å². The molecular formula is C11H18N2O2. The second-order valence-corrected chi connectivity index (χ2v) is 3.59. The number of rotatable bonds is 3. The average Bonchev–Trinajstić information content (AvgIpc) is 2.24. The van der Waals surface area contributed by atoms with Gasteiger partial charge in [0.1, 0.15) is 0 Å². The molecule has 15 heavy (non-hydrogen) atoms. The Bertz CT molecular complexity index is 267. The van der Waals surface area contributed by atoms with E-state index in [4.69, 9.17) is 4.74 Å². The van der Waals surface area contributed by atoms with Crippen molar-refractivity contribution in [2.75, 3.05) is 32.8 Å². The quantitative estimate of drug-likeness (QED) is 0.659. The number of carbonyl (C=O) groups is 1. The van der Waals surface area contributed by atoms with Gasteiger partial charge in [-0.1, -0.05) is 5.92 Å². The van der Waals surface area contributed by atoms with E-state index >= 15 is 0 Å². The fraction of sp³-hybridized carbons (Fsp3) is 0.727. The smallest absolute Gasteiger partial charge is 0.216 e. The lowest BCUT2D eigenvalue weighted by Gasteiger charge is -2.31. The first-order chi connectivity index (χ1) is 7.22. The zero-order valence-electron chi connectivity index (χ0n) is 9.38. The van der Waals surface area contributed by atoms with Gasteiger partial charge in [0, 0.05) is 26.6 Å². The first-order valence-electron chi connectivity index (χ1n) is 5.20. The Balaban J connectivity index is 2.27. The third-order valence-corrected chi connectivity index (χ3v) is 2.28. The summed E-state index contributed by atoms with van der Waals surface area (Å²) in [5, 5.41) is 2.77. The summed E-state index contributed by atoms with van der Waals surface area (Å²) in [7, 11) is 0. The molecule has 0 aromatic carbocycles. The molecule has 1 atom stereocenters. The van der Waals surface area contributed by atoms with Crippen LogP contribution >= 0.6 is 0 Å². The molecule has 0 bridgehead atoms. The molecule has 1 aliphatic heterocycles. The summed E-state index contributed by atoms with van der Waals surface area (Å²) in [6, 6.07) is 0. The molecule has 0 aromatic rings. The maximum atomic E-state index is 10.7. The molecule has 1 heterocycles. The Kier molecular flexibility index (Phi) is 5.16. The molecule has 1 rings (SSSR count). The fourth-order valence-electron chi connectivity index (χ4n) is 1.50. The summed E-state index contributed by atoms with van der Waals surface area (Å²) < 4.78 is 5.53. The normalized spacial score (nSPS) is 21.6. The van der Waals surface area contributed by atoms with E-state index in [0.717, 1.165) is 26.2 Å². The summed E-state index contributed by atoms with van der Waals surface area (Å²) in [5.41, 5.74) is 0. The minimum Gasteiger partial charge on any atom is -0.374 e. The van der Waals surface area contributed by atoms with Gasteiger partial charge < -0.3 is 10.1 Å². The van der Waals surface area contributed by atoms with Gasteiger partial charge in [0.15, 0.2) is 0 Å². The van der Waals surface area contributed by atoms with Gasteiger partial charge in [-0.15, -0.1) is 5.92 Å². The molecule has 1 unspecified atom stereocenters. The first kappa shape index (κ1) is 12.0. The van der Waals surface area contributed by atoms with E-state index < -0.39 is 0 Å². The van der Waals surface area contributed by atoms with Crippen LogP contribution in [0.5, 0.6) is 0 Å². The van der Waals surface area contributed by atoms with E-state index in [-0.39, 0.29) is 12.0 Å². The highest BCUT2D eigenvalue weighted by molar-refractivity contribution is 5.72. The van der Waals surface area contributed by atoms with Crippen molar-refractivity contribution >= 4 is 5.91 Å². The third-order valence-electron chi connectivity index (χ3n) is 2.28. The van der Waals surface area contributed by atoms with Crippen molar-refractivity contribution in [3.63, 3.8) is 0 Å². The topological polar surface area (TPSA) is 41.6 Å². The minimum absolute atomic E-state index is 0.0101. The SMILES string of the molecule is CC#CCN1CCOC(CNC(C)=O)C1. The summed E-state index contributed by atoms with van der Waals surface area (Å²) in [5.74, 6) is 5.90. The van der Waals surface area contributed by atoms with Crippen LogP contribution in [0.4, 0.5) is 0 Å². The first-order valence-corrected chi connectivity index (χ1v) is 5.20. The molecule has 0 aliphatic carbocycles. The van der Waals surface area contributed by atoms with Crippen LogP contribution in [-0.2, 0) is 9.53 Å². The number of nitrogens with one attached hydrogen (secondary N) is 1. The zero-order valence-corrected chi connectivity index (χ0v) is 9.38. The van der Waals surface area contributed by atoms with Crippen LogP contribution in [0.25, 0.3) is 0 Å². The molecule has 4 nitrogen and oxygen atoms in total. The van der Waals surface area contributed by atoms with Crippen molar-refractivity contribution in [2.45, 2.75) is 20.0 Å². The van der Waals surface area contributed by atoms with Gasteiger partial charge in [-0.3, -0.25) is 9.69 Å². The van der Waals surface area contributed by atoms with Crippen molar-refractivity contribution in [2.24, 2.45) is 0 Å². The maximum absolute atomic E-state index is 10.7. The highest BCUT2D eigenvalue weighted by Gasteiger charge is 2.19. The summed E-state index contributed by atoms with van der Waals surface area (Å²) in [6.07, 6.45) is 0.0984. The highest BCUT2D eigenvalue weighted by atomic mass is 16.5. The Morgan fingerprint density at radius 1 is 1.67 bits per heavy atom. The van der Waals surface area contributed by atoms with Crippen LogP contribution < -0.4 is 5.32 Å². The molecule has 4 heteroatoms. The Morgan fingerprint density at radius 2 is 2.47 bits per heavy atom. The van der Waals surface area contributed by atoms with E-state index in [2.05, 4.69) is 22.1 Å². The van der Waals surface area contributed by atoms with E-state index in [1.54, 1.807) is 0 Å². The van der Waals surface area contributed by atoms with Gasteiger partial charge in [-0.25, -0.2) is 0 Å². The van der Waals surface area contributed by atoms with E-state index in [9.17, 15) is 4.79 Å². The van der Waals surface area contributed by atoms with Crippen LogP contribution in [0, 0.1) is 11.8 Å². The Labute approximate surface area is 91.0 Å². The lowest BCUT2D eigenvalue weighted by molar-refractivity contribution is -0.120. The number of nitrogens with zero attached hydrogens (tertiary/aromatic N) is 1. The van der Waals surface area contributed by atoms with Gasteiger partial charge in [-0.05, 0) is 6.92 Å². The zero-order chi connectivity index (χ0) is 11.1. The number of amides is 1. The van der Waals surface area contributed by atoms with E-state index in [1.807, 2.05) is 6.92 Å². The standard InChI is InChI=1S/C11H18N2O2/c1-3-4-5-13-6-7-15-11(9-13)8-12-10(2)14/h11H,5-9H2,1-2H3,(H,12,14). The maximum Gasteiger partial charge on any atom is 0.216 e. The van der Waals surface area contributed by atoms with Crippen LogP contribution in [0.15, 0.2) is 0 Å². The fourth-order valence-corrected chi connectivity index (χ4v) is 1.50. The number of ether oxygens (including phenoxy) is 1. The van der Waals surface area contributed by atoms with Crippen molar-refractivity contribution < 1.29 is 9.53 Å². The minimum atomic E-state index is -0.0101. The van der Waals surface area contributed by atoms with E-state index in [0.29, 0.717) is 6.54 Å². The van der Waals surface area contributed by atoms with Crippen LogP contribution in [0.2, 0.25) is 0 Å². The average molecular weight is 210 g/mol. The predicted molar refractivity (Wildman–Crippen MR) is 58.3 cm³/mol. The molecule has 84 valence electrons. The van der Waals surface area contributed by atoms with Gasteiger partial charge in [-0.2, -0.15) is 0 Å². The molecule has 0 spiro atoms. The van der Waals surface area contributed by atoms with Gasteiger partial charge >= 0.3 is 0 Å².